The van der Waals surface area contributed by atoms with Gasteiger partial charge in [-0.05, 0) is 26.0 Å². The van der Waals surface area contributed by atoms with Gasteiger partial charge in [0.25, 0.3) is 0 Å². The Hall–Kier alpha value is -1.61. The Morgan fingerprint density at radius 3 is 2.40 bits per heavy atom. The molecule has 0 radical (unpaired) electrons. The summed E-state index contributed by atoms with van der Waals surface area (Å²) in [5, 5.41) is 0. The van der Waals surface area contributed by atoms with Gasteiger partial charge in [0.1, 0.15) is 0 Å². The second-order valence-electron chi connectivity index (χ2n) is 3.70. The molecule has 3 nitrogen and oxygen atoms in total. The van der Waals surface area contributed by atoms with E-state index >= 15 is 0 Å². The molecule has 0 aliphatic heterocycles. The van der Waals surface area contributed by atoms with Crippen molar-refractivity contribution < 1.29 is 4.42 Å². The van der Waals surface area contributed by atoms with Crippen molar-refractivity contribution in [3.63, 3.8) is 0 Å². The van der Waals surface area contributed by atoms with Gasteiger partial charge in [-0.1, -0.05) is 17.2 Å². The predicted octanol–water partition coefficient (Wildman–Crippen LogP) is 2.42. The van der Waals surface area contributed by atoms with Gasteiger partial charge in [0.2, 0.25) is 5.89 Å². The van der Waals surface area contributed by atoms with Crippen LogP contribution in [-0.4, -0.2) is 4.98 Å². The van der Waals surface area contributed by atoms with Gasteiger partial charge in [0, 0.05) is 5.56 Å². The molecular formula is C12H14N2O. The van der Waals surface area contributed by atoms with Crippen molar-refractivity contribution in [2.24, 2.45) is 5.73 Å². The fraction of sp³-hybridized carbons (Fsp3) is 0.250. The van der Waals surface area contributed by atoms with Gasteiger partial charge in [-0.2, -0.15) is 0 Å². The molecule has 78 valence electrons. The fourth-order valence-corrected chi connectivity index (χ4v) is 1.66. The molecule has 0 aliphatic rings. The highest BCUT2D eigenvalue weighted by molar-refractivity contribution is 5.58. The molecule has 0 spiro atoms. The van der Waals surface area contributed by atoms with Crippen molar-refractivity contribution in [1.82, 2.24) is 4.98 Å². The highest BCUT2D eigenvalue weighted by Crippen LogP contribution is 2.22. The molecule has 0 aliphatic carbocycles. The van der Waals surface area contributed by atoms with Crippen molar-refractivity contribution in [3.8, 4) is 11.3 Å². The molecule has 1 aromatic carbocycles. The summed E-state index contributed by atoms with van der Waals surface area (Å²) >= 11 is 0. The first-order valence-corrected chi connectivity index (χ1v) is 4.92. The lowest BCUT2D eigenvalue weighted by Crippen LogP contribution is -1.94. The Bertz CT molecular complexity index is 454. The standard InChI is InChI=1S/C12H14N2O/c1-8-3-9(2)5-10(4-8)11-7-14-12(6-13)15-11/h3-5,7H,6,13H2,1-2H3. The summed E-state index contributed by atoms with van der Waals surface area (Å²) < 4.78 is 5.49. The van der Waals surface area contributed by atoms with Crippen molar-refractivity contribution in [2.75, 3.05) is 0 Å². The summed E-state index contributed by atoms with van der Waals surface area (Å²) in [5.74, 6) is 1.35. The normalized spacial score (nSPS) is 10.6. The van der Waals surface area contributed by atoms with Crippen LogP contribution in [-0.2, 0) is 6.54 Å². The van der Waals surface area contributed by atoms with Crippen LogP contribution in [0.3, 0.4) is 0 Å². The molecule has 0 unspecified atom stereocenters. The summed E-state index contributed by atoms with van der Waals surface area (Å²) in [7, 11) is 0. The maximum atomic E-state index is 5.49. The Balaban J connectivity index is 2.44. The molecule has 1 aromatic heterocycles. The predicted molar refractivity (Wildman–Crippen MR) is 59.3 cm³/mol. The SMILES string of the molecule is Cc1cc(C)cc(-c2cnc(CN)o2)c1. The minimum absolute atomic E-state index is 0.338. The number of rotatable bonds is 2. The molecule has 0 amide bonds. The first kappa shape index (κ1) is 9.93. The average Bonchev–Trinajstić information content (AvgIpc) is 2.64. The van der Waals surface area contributed by atoms with E-state index in [2.05, 4.69) is 37.0 Å². The third kappa shape index (κ3) is 2.07. The van der Waals surface area contributed by atoms with Gasteiger partial charge in [0.15, 0.2) is 5.76 Å². The van der Waals surface area contributed by atoms with Crippen LogP contribution in [0.5, 0.6) is 0 Å². The lowest BCUT2D eigenvalue weighted by Gasteiger charge is -2.01. The summed E-state index contributed by atoms with van der Waals surface area (Å²) in [6.07, 6.45) is 1.72. The molecule has 3 heteroatoms. The van der Waals surface area contributed by atoms with E-state index in [0.717, 1.165) is 11.3 Å². The van der Waals surface area contributed by atoms with Gasteiger partial charge < -0.3 is 10.2 Å². The van der Waals surface area contributed by atoms with Gasteiger partial charge >= 0.3 is 0 Å². The third-order valence-electron chi connectivity index (χ3n) is 2.23. The second-order valence-corrected chi connectivity index (χ2v) is 3.70. The van der Waals surface area contributed by atoms with Crippen LogP contribution >= 0.6 is 0 Å². The Morgan fingerprint density at radius 1 is 1.20 bits per heavy atom. The summed E-state index contributed by atoms with van der Waals surface area (Å²) in [4.78, 5) is 4.08. The van der Waals surface area contributed by atoms with E-state index in [1.54, 1.807) is 6.20 Å². The highest BCUT2D eigenvalue weighted by atomic mass is 16.4. The zero-order chi connectivity index (χ0) is 10.8. The number of nitrogens with two attached hydrogens (primary N) is 1. The van der Waals surface area contributed by atoms with E-state index in [-0.39, 0.29) is 0 Å². The summed E-state index contributed by atoms with van der Waals surface area (Å²) in [6, 6.07) is 6.28. The molecule has 0 saturated heterocycles. The van der Waals surface area contributed by atoms with Crippen LogP contribution in [0.2, 0.25) is 0 Å². The number of oxazole rings is 1. The molecule has 2 aromatic rings. The number of aryl methyl sites for hydroxylation is 2. The number of benzene rings is 1. The summed E-state index contributed by atoms with van der Waals surface area (Å²) in [5.41, 5.74) is 8.94. The van der Waals surface area contributed by atoms with Crippen molar-refractivity contribution in [1.29, 1.82) is 0 Å². The molecule has 2 rings (SSSR count). The number of aromatic nitrogens is 1. The summed E-state index contributed by atoms with van der Waals surface area (Å²) in [6.45, 7) is 4.47. The third-order valence-corrected chi connectivity index (χ3v) is 2.23. The van der Waals surface area contributed by atoms with Crippen LogP contribution in [0.15, 0.2) is 28.8 Å². The first-order valence-electron chi connectivity index (χ1n) is 4.92. The molecule has 0 saturated carbocycles. The molecule has 0 bridgehead atoms. The smallest absolute Gasteiger partial charge is 0.208 e. The number of hydrogen-bond acceptors (Lipinski definition) is 3. The van der Waals surface area contributed by atoms with Crippen LogP contribution in [0, 0.1) is 13.8 Å². The van der Waals surface area contributed by atoms with Crippen LogP contribution in [0.25, 0.3) is 11.3 Å². The van der Waals surface area contributed by atoms with E-state index in [1.807, 2.05) is 0 Å². The van der Waals surface area contributed by atoms with Crippen LogP contribution in [0.1, 0.15) is 17.0 Å². The molecule has 0 atom stereocenters. The molecular weight excluding hydrogens is 188 g/mol. The maximum absolute atomic E-state index is 5.49. The lowest BCUT2D eigenvalue weighted by atomic mass is 10.1. The monoisotopic (exact) mass is 202 g/mol. The van der Waals surface area contributed by atoms with Gasteiger partial charge in [0.05, 0.1) is 12.7 Å². The number of hydrogen-bond donors (Lipinski definition) is 1. The number of nitrogens with zero attached hydrogens (tertiary/aromatic N) is 1. The van der Waals surface area contributed by atoms with Gasteiger partial charge in [-0.25, -0.2) is 4.98 Å². The van der Waals surface area contributed by atoms with Gasteiger partial charge in [-0.15, -0.1) is 0 Å². The topological polar surface area (TPSA) is 52.0 Å². The molecule has 1 heterocycles. The fourth-order valence-electron chi connectivity index (χ4n) is 1.66. The molecule has 15 heavy (non-hydrogen) atoms. The van der Waals surface area contributed by atoms with E-state index in [1.165, 1.54) is 11.1 Å². The van der Waals surface area contributed by atoms with Crippen LogP contribution < -0.4 is 5.73 Å². The zero-order valence-electron chi connectivity index (χ0n) is 8.95. The van der Waals surface area contributed by atoms with Crippen LogP contribution in [0.4, 0.5) is 0 Å². The zero-order valence-corrected chi connectivity index (χ0v) is 8.95. The van der Waals surface area contributed by atoms with E-state index in [9.17, 15) is 0 Å². The van der Waals surface area contributed by atoms with E-state index in [4.69, 9.17) is 10.2 Å². The van der Waals surface area contributed by atoms with Crippen molar-refractivity contribution in [2.45, 2.75) is 20.4 Å². The van der Waals surface area contributed by atoms with Gasteiger partial charge in [-0.3, -0.25) is 0 Å². The van der Waals surface area contributed by atoms with E-state index < -0.39 is 0 Å². The minimum Gasteiger partial charge on any atom is -0.439 e. The Morgan fingerprint density at radius 2 is 1.87 bits per heavy atom. The molecule has 0 fully saturated rings. The minimum atomic E-state index is 0.338. The molecule has 2 N–H and O–H groups in total. The first-order chi connectivity index (χ1) is 7.19. The quantitative estimate of drug-likeness (QED) is 0.813. The van der Waals surface area contributed by atoms with Crippen molar-refractivity contribution in [3.05, 3.63) is 41.4 Å². The van der Waals surface area contributed by atoms with E-state index in [0.29, 0.717) is 12.4 Å². The maximum Gasteiger partial charge on any atom is 0.208 e. The Labute approximate surface area is 88.9 Å². The Kier molecular flexibility index (Phi) is 2.56. The highest BCUT2D eigenvalue weighted by Gasteiger charge is 2.05. The van der Waals surface area contributed by atoms with Crippen molar-refractivity contribution >= 4 is 0 Å². The largest absolute Gasteiger partial charge is 0.439 e. The second kappa shape index (κ2) is 3.87. The lowest BCUT2D eigenvalue weighted by molar-refractivity contribution is 0.509. The average molecular weight is 202 g/mol.